The molecule has 0 unspecified atom stereocenters. The highest BCUT2D eigenvalue weighted by atomic mass is 16.3. The third-order valence-corrected chi connectivity index (χ3v) is 6.51. The lowest BCUT2D eigenvalue weighted by Crippen LogP contribution is -2.43. The first-order chi connectivity index (χ1) is 13.7. The van der Waals surface area contributed by atoms with Gasteiger partial charge in [-0.25, -0.2) is 9.97 Å². The Balaban J connectivity index is 1.51. The summed E-state index contributed by atoms with van der Waals surface area (Å²) in [6.45, 7) is 0.0192. The molecule has 4 rings (SSSR count). The third-order valence-electron chi connectivity index (χ3n) is 6.51. The van der Waals surface area contributed by atoms with Gasteiger partial charge < -0.3 is 15.5 Å². The Bertz CT molecular complexity index is 749. The quantitative estimate of drug-likeness (QED) is 0.717. The van der Waals surface area contributed by atoms with Gasteiger partial charge in [-0.05, 0) is 37.7 Å². The van der Waals surface area contributed by atoms with E-state index in [1.54, 1.807) is 0 Å². The molecule has 2 aromatic rings. The molecule has 3 N–H and O–H groups in total. The Hall–Kier alpha value is -1.82. The van der Waals surface area contributed by atoms with Crippen LogP contribution < -0.4 is 5.32 Å². The number of benzene rings is 1. The zero-order valence-corrected chi connectivity index (χ0v) is 16.4. The minimum absolute atomic E-state index is 0.0192. The lowest BCUT2D eigenvalue weighted by atomic mass is 9.87. The lowest BCUT2D eigenvalue weighted by molar-refractivity contribution is 0.0715. The second-order valence-electron chi connectivity index (χ2n) is 8.36. The van der Waals surface area contributed by atoms with Gasteiger partial charge in [-0.15, -0.1) is 0 Å². The topological polar surface area (TPSA) is 78.3 Å². The zero-order chi connectivity index (χ0) is 19.3. The van der Waals surface area contributed by atoms with Crippen molar-refractivity contribution in [3.63, 3.8) is 0 Å². The molecule has 2 saturated carbocycles. The molecule has 0 radical (unpaired) electrons. The number of aromatic nitrogens is 2. The molecule has 1 aromatic carbocycles. The summed E-state index contributed by atoms with van der Waals surface area (Å²) in [5.74, 6) is 0.811. The maximum atomic E-state index is 10.5. The minimum atomic E-state index is -0.452. The second-order valence-corrected chi connectivity index (χ2v) is 8.36. The molecule has 150 valence electrons. The van der Waals surface area contributed by atoms with Gasteiger partial charge in [-0.1, -0.05) is 49.6 Å². The highest BCUT2D eigenvalue weighted by molar-refractivity contribution is 5.54. The minimum Gasteiger partial charge on any atom is -0.396 e. The van der Waals surface area contributed by atoms with E-state index in [4.69, 9.17) is 4.98 Å². The summed E-state index contributed by atoms with van der Waals surface area (Å²) in [6.07, 6.45) is 9.15. The van der Waals surface area contributed by atoms with E-state index in [1.165, 1.54) is 32.1 Å². The largest absolute Gasteiger partial charge is 0.396 e. The molecule has 2 fully saturated rings. The van der Waals surface area contributed by atoms with E-state index in [0.717, 1.165) is 23.5 Å². The maximum absolute atomic E-state index is 10.5. The molecule has 0 aliphatic heterocycles. The van der Waals surface area contributed by atoms with E-state index in [2.05, 4.69) is 10.3 Å². The second kappa shape index (κ2) is 9.12. The van der Waals surface area contributed by atoms with Crippen LogP contribution in [0.1, 0.15) is 44.2 Å². The predicted molar refractivity (Wildman–Crippen MR) is 110 cm³/mol. The van der Waals surface area contributed by atoms with E-state index >= 15 is 0 Å². The fourth-order valence-corrected chi connectivity index (χ4v) is 4.99. The molecule has 5 heteroatoms. The van der Waals surface area contributed by atoms with Crippen molar-refractivity contribution in [1.82, 2.24) is 15.3 Å². The average Bonchev–Trinajstić information content (AvgIpc) is 3.03. The van der Waals surface area contributed by atoms with Gasteiger partial charge in [-0.2, -0.15) is 0 Å². The van der Waals surface area contributed by atoms with Gasteiger partial charge in [0, 0.05) is 42.1 Å². The standard InChI is InChI=1S/C23H31N3O2/c27-15-20-19(21(14-22(20)28)25-17-9-5-2-6-10-17)13-18-11-12-24-23(26-18)16-7-3-1-4-8-16/h1,3-4,7-8,11-12,17,19-22,25,27-28H,2,5-6,9-10,13-15H2/t19-,20-,21-,22-/m1/s1. The van der Waals surface area contributed by atoms with Crippen molar-refractivity contribution in [2.24, 2.45) is 11.8 Å². The van der Waals surface area contributed by atoms with Crippen molar-refractivity contribution in [1.29, 1.82) is 0 Å². The summed E-state index contributed by atoms with van der Waals surface area (Å²) in [4.78, 5) is 9.20. The molecule has 2 aliphatic carbocycles. The average molecular weight is 382 g/mol. The first-order valence-electron chi connectivity index (χ1n) is 10.7. The molecule has 4 atom stereocenters. The molecular weight excluding hydrogens is 350 g/mol. The first-order valence-corrected chi connectivity index (χ1v) is 10.7. The van der Waals surface area contributed by atoms with E-state index in [1.807, 2.05) is 42.6 Å². The van der Waals surface area contributed by atoms with Crippen LogP contribution in [0.25, 0.3) is 11.4 Å². The lowest BCUT2D eigenvalue weighted by Gasteiger charge is -2.31. The smallest absolute Gasteiger partial charge is 0.159 e. The summed E-state index contributed by atoms with van der Waals surface area (Å²) >= 11 is 0. The van der Waals surface area contributed by atoms with Crippen molar-refractivity contribution in [2.45, 2.75) is 63.1 Å². The molecule has 1 aromatic heterocycles. The normalized spacial score (nSPS) is 28.5. The van der Waals surface area contributed by atoms with E-state index in [9.17, 15) is 10.2 Å². The maximum Gasteiger partial charge on any atom is 0.159 e. The number of aliphatic hydroxyl groups excluding tert-OH is 2. The van der Waals surface area contributed by atoms with Crippen molar-refractivity contribution < 1.29 is 10.2 Å². The molecule has 2 aliphatic rings. The van der Waals surface area contributed by atoms with Crippen LogP contribution in [0.2, 0.25) is 0 Å². The van der Waals surface area contributed by atoms with Crippen molar-refractivity contribution in [2.75, 3.05) is 6.61 Å². The van der Waals surface area contributed by atoms with Crippen LogP contribution in [0.5, 0.6) is 0 Å². The summed E-state index contributed by atoms with van der Waals surface area (Å²) in [6, 6.07) is 12.7. The first kappa shape index (κ1) is 19.5. The summed E-state index contributed by atoms with van der Waals surface area (Å²) in [5, 5.41) is 24.3. The summed E-state index contributed by atoms with van der Waals surface area (Å²) in [7, 11) is 0. The Morgan fingerprint density at radius 3 is 2.54 bits per heavy atom. The van der Waals surface area contributed by atoms with Crippen molar-refractivity contribution in [3.8, 4) is 11.4 Å². The van der Waals surface area contributed by atoms with Crippen LogP contribution in [-0.4, -0.2) is 45.0 Å². The van der Waals surface area contributed by atoms with Crippen molar-refractivity contribution >= 4 is 0 Å². The van der Waals surface area contributed by atoms with E-state index in [0.29, 0.717) is 12.5 Å². The number of rotatable bonds is 6. The number of aliphatic hydroxyl groups is 2. The van der Waals surface area contributed by atoms with E-state index in [-0.39, 0.29) is 24.5 Å². The highest BCUT2D eigenvalue weighted by Crippen LogP contribution is 2.36. The zero-order valence-electron chi connectivity index (χ0n) is 16.4. The molecule has 1 heterocycles. The Morgan fingerprint density at radius 1 is 1.00 bits per heavy atom. The molecular formula is C23H31N3O2. The van der Waals surface area contributed by atoms with Crippen LogP contribution >= 0.6 is 0 Å². The monoisotopic (exact) mass is 381 g/mol. The number of nitrogens with one attached hydrogen (secondary N) is 1. The Kier molecular flexibility index (Phi) is 6.35. The van der Waals surface area contributed by atoms with Gasteiger partial charge in [0.1, 0.15) is 0 Å². The van der Waals surface area contributed by atoms with Crippen LogP contribution in [0, 0.1) is 11.8 Å². The molecule has 0 bridgehead atoms. The van der Waals surface area contributed by atoms with Crippen LogP contribution in [0.4, 0.5) is 0 Å². The number of nitrogens with zero attached hydrogens (tertiary/aromatic N) is 2. The molecule has 5 nitrogen and oxygen atoms in total. The number of hydrogen-bond acceptors (Lipinski definition) is 5. The van der Waals surface area contributed by atoms with Crippen LogP contribution in [0.15, 0.2) is 42.6 Å². The van der Waals surface area contributed by atoms with E-state index < -0.39 is 6.10 Å². The van der Waals surface area contributed by atoms with Gasteiger partial charge >= 0.3 is 0 Å². The third kappa shape index (κ3) is 4.43. The number of hydrogen-bond donors (Lipinski definition) is 3. The van der Waals surface area contributed by atoms with Gasteiger partial charge in [-0.3, -0.25) is 0 Å². The highest BCUT2D eigenvalue weighted by Gasteiger charge is 2.42. The Labute approximate surface area is 167 Å². The van der Waals surface area contributed by atoms with Crippen LogP contribution in [0.3, 0.4) is 0 Å². The van der Waals surface area contributed by atoms with Gasteiger partial charge in [0.25, 0.3) is 0 Å². The molecule has 28 heavy (non-hydrogen) atoms. The fraction of sp³-hybridized carbons (Fsp3) is 0.565. The van der Waals surface area contributed by atoms with Gasteiger partial charge in [0.05, 0.1) is 6.10 Å². The molecule has 0 amide bonds. The SMILES string of the molecule is OC[C@@H]1[C@@H](Cc2ccnc(-c3ccccc3)n2)[C@H](NC2CCCCC2)C[C@H]1O. The molecule has 0 saturated heterocycles. The summed E-state index contributed by atoms with van der Waals surface area (Å²) in [5.41, 5.74) is 1.98. The Morgan fingerprint density at radius 2 is 1.79 bits per heavy atom. The molecule has 0 spiro atoms. The van der Waals surface area contributed by atoms with Crippen LogP contribution in [-0.2, 0) is 6.42 Å². The predicted octanol–water partition coefficient (Wildman–Crippen LogP) is 2.97. The van der Waals surface area contributed by atoms with Gasteiger partial charge in [0.2, 0.25) is 0 Å². The van der Waals surface area contributed by atoms with Crippen molar-refractivity contribution in [3.05, 3.63) is 48.3 Å². The summed E-state index contributed by atoms with van der Waals surface area (Å²) < 4.78 is 0. The fourth-order valence-electron chi connectivity index (χ4n) is 4.99. The van der Waals surface area contributed by atoms with Gasteiger partial charge in [0.15, 0.2) is 5.82 Å².